The number of fused-ring (bicyclic) bond motifs is 1. The Morgan fingerprint density at radius 1 is 1.33 bits per heavy atom. The van der Waals surface area contributed by atoms with Crippen molar-refractivity contribution in [2.45, 2.75) is 19.8 Å². The number of ether oxygens (including phenoxy) is 1. The first-order chi connectivity index (χ1) is 12.7. The molecule has 2 aromatic heterocycles. The van der Waals surface area contributed by atoms with Crippen molar-refractivity contribution in [1.82, 2.24) is 9.13 Å². The molecule has 0 saturated carbocycles. The summed E-state index contributed by atoms with van der Waals surface area (Å²) in [7, 11) is 3.02. The summed E-state index contributed by atoms with van der Waals surface area (Å²) < 4.78 is 7.90. The lowest BCUT2D eigenvalue weighted by atomic mass is 9.80. The molecule has 8 heteroatoms. The van der Waals surface area contributed by atoms with Crippen molar-refractivity contribution in [2.24, 2.45) is 25.9 Å². The van der Waals surface area contributed by atoms with Crippen molar-refractivity contribution in [3.63, 3.8) is 0 Å². The lowest BCUT2D eigenvalue weighted by molar-refractivity contribution is -0.148. The lowest BCUT2D eigenvalue weighted by Crippen LogP contribution is -2.46. The molecule has 0 amide bonds. The number of aromatic nitrogens is 2. The zero-order valence-corrected chi connectivity index (χ0v) is 16.6. The number of nitrogens with one attached hydrogen (secondary N) is 1. The Kier molecular flexibility index (Phi) is 5.10. The maximum absolute atomic E-state index is 13.0. The highest BCUT2D eigenvalue weighted by molar-refractivity contribution is 7.10. The van der Waals surface area contributed by atoms with Crippen LogP contribution in [0.4, 0.5) is 5.82 Å². The molecule has 27 heavy (non-hydrogen) atoms. The van der Waals surface area contributed by atoms with Crippen LogP contribution in [-0.4, -0.2) is 21.7 Å². The van der Waals surface area contributed by atoms with Crippen LogP contribution >= 0.6 is 11.3 Å². The fourth-order valence-electron chi connectivity index (χ4n) is 3.29. The van der Waals surface area contributed by atoms with Crippen LogP contribution in [0, 0.1) is 11.8 Å². The molecule has 0 bridgehead atoms. The first-order valence-electron chi connectivity index (χ1n) is 8.69. The largest absolute Gasteiger partial charge is 0.465 e. The van der Waals surface area contributed by atoms with Crippen LogP contribution in [0.25, 0.3) is 0 Å². The molecule has 0 spiro atoms. The predicted octanol–water partition coefficient (Wildman–Crippen LogP) is 2.03. The average molecular weight is 389 g/mol. The molecule has 0 saturated heterocycles. The fourth-order valence-corrected chi connectivity index (χ4v) is 4.16. The second kappa shape index (κ2) is 7.19. The van der Waals surface area contributed by atoms with E-state index in [1.807, 2.05) is 31.4 Å². The molecule has 0 fully saturated rings. The number of thiophene rings is 1. The third-order valence-corrected chi connectivity index (χ3v) is 5.62. The highest BCUT2D eigenvalue weighted by Gasteiger charge is 2.43. The van der Waals surface area contributed by atoms with Gasteiger partial charge in [0, 0.05) is 30.6 Å². The number of hydrogen-bond acceptors (Lipinski definition) is 6. The predicted molar refractivity (Wildman–Crippen MR) is 105 cm³/mol. The number of hydrogen-bond donors (Lipinski definition) is 1. The van der Waals surface area contributed by atoms with E-state index < -0.39 is 29.1 Å². The van der Waals surface area contributed by atoms with E-state index in [4.69, 9.17) is 4.74 Å². The first-order valence-corrected chi connectivity index (χ1v) is 9.57. The summed E-state index contributed by atoms with van der Waals surface area (Å²) in [6.07, 6.45) is 0. The van der Waals surface area contributed by atoms with Gasteiger partial charge in [-0.3, -0.25) is 18.7 Å². The molecule has 0 aliphatic carbocycles. The fraction of sp³-hybridized carbons (Fsp3) is 0.421. The van der Waals surface area contributed by atoms with Crippen molar-refractivity contribution >= 4 is 23.1 Å². The van der Waals surface area contributed by atoms with Crippen LogP contribution in [0.15, 0.2) is 39.4 Å². The van der Waals surface area contributed by atoms with Crippen LogP contribution in [0.3, 0.4) is 0 Å². The molecule has 1 aliphatic heterocycles. The third kappa shape index (κ3) is 3.25. The molecule has 2 aromatic rings. The average Bonchev–Trinajstić information content (AvgIpc) is 3.16. The number of anilines is 1. The van der Waals surface area contributed by atoms with Crippen molar-refractivity contribution in [3.05, 3.63) is 61.1 Å². The van der Waals surface area contributed by atoms with Gasteiger partial charge >= 0.3 is 11.7 Å². The molecule has 1 aliphatic rings. The second-order valence-electron chi connectivity index (χ2n) is 7.11. The lowest BCUT2D eigenvalue weighted by Gasteiger charge is -2.34. The van der Waals surface area contributed by atoms with Gasteiger partial charge in [-0.05, 0) is 17.4 Å². The molecular formula is C19H23N3O4S. The van der Waals surface area contributed by atoms with Crippen LogP contribution in [0.2, 0.25) is 0 Å². The first kappa shape index (κ1) is 19.2. The van der Waals surface area contributed by atoms with Gasteiger partial charge in [-0.25, -0.2) is 4.79 Å². The summed E-state index contributed by atoms with van der Waals surface area (Å²) in [5.74, 6) is -1.17. The van der Waals surface area contributed by atoms with E-state index in [1.165, 1.54) is 23.0 Å². The van der Waals surface area contributed by atoms with Crippen molar-refractivity contribution < 1.29 is 9.53 Å². The topological polar surface area (TPSA) is 82.3 Å². The van der Waals surface area contributed by atoms with E-state index in [0.29, 0.717) is 17.1 Å². The van der Waals surface area contributed by atoms with Gasteiger partial charge in [-0.2, -0.15) is 0 Å². The molecule has 3 heterocycles. The maximum Gasteiger partial charge on any atom is 0.332 e. The summed E-state index contributed by atoms with van der Waals surface area (Å²) in [6, 6.07) is 3.75. The van der Waals surface area contributed by atoms with E-state index in [1.54, 1.807) is 7.05 Å². The molecule has 0 aromatic carbocycles. The summed E-state index contributed by atoms with van der Waals surface area (Å²) >= 11 is 1.45. The number of rotatable bonds is 4. The molecular weight excluding hydrogens is 366 g/mol. The van der Waals surface area contributed by atoms with Gasteiger partial charge < -0.3 is 10.1 Å². The highest BCUT2D eigenvalue weighted by atomic mass is 32.1. The van der Waals surface area contributed by atoms with E-state index in [2.05, 4.69) is 11.9 Å². The van der Waals surface area contributed by atoms with E-state index in [-0.39, 0.29) is 12.5 Å². The van der Waals surface area contributed by atoms with Gasteiger partial charge in [-0.1, -0.05) is 26.5 Å². The van der Waals surface area contributed by atoms with Gasteiger partial charge in [-0.15, -0.1) is 11.3 Å². The maximum atomic E-state index is 13.0. The standard InChI is InChI=1S/C19H23N3O4S/c1-10(2)9-26-18(24)13-11(3)20-16-15(14(13)12-7-6-8-27-12)17(23)22(5)19(25)21(16)4/h6-8,10,13-14,20H,3,9H2,1-2,4-5H3/t13-,14+/m1/s1. The van der Waals surface area contributed by atoms with Crippen LogP contribution in [0.5, 0.6) is 0 Å². The molecule has 0 unspecified atom stereocenters. The summed E-state index contributed by atoms with van der Waals surface area (Å²) in [6.45, 7) is 8.20. The normalized spacial score (nSPS) is 18.9. The van der Waals surface area contributed by atoms with Crippen molar-refractivity contribution in [1.29, 1.82) is 0 Å². The van der Waals surface area contributed by atoms with Gasteiger partial charge in [0.05, 0.1) is 12.2 Å². The Morgan fingerprint density at radius 2 is 2.04 bits per heavy atom. The Hall–Kier alpha value is -2.61. The number of carbonyl (C=O) groups is 1. The van der Waals surface area contributed by atoms with Gasteiger partial charge in [0.1, 0.15) is 11.7 Å². The smallest absolute Gasteiger partial charge is 0.332 e. The van der Waals surface area contributed by atoms with Gasteiger partial charge in [0.25, 0.3) is 5.56 Å². The van der Waals surface area contributed by atoms with E-state index >= 15 is 0 Å². The molecule has 144 valence electrons. The zero-order chi connectivity index (χ0) is 19.9. The summed E-state index contributed by atoms with van der Waals surface area (Å²) in [5, 5.41) is 4.90. The molecule has 3 rings (SSSR count). The summed E-state index contributed by atoms with van der Waals surface area (Å²) in [4.78, 5) is 39.0. The van der Waals surface area contributed by atoms with Gasteiger partial charge in [0.15, 0.2) is 0 Å². The number of nitrogens with zero attached hydrogens (tertiary/aromatic N) is 2. The van der Waals surface area contributed by atoms with E-state index in [0.717, 1.165) is 9.44 Å². The Bertz CT molecular complexity index is 1000. The highest BCUT2D eigenvalue weighted by Crippen LogP contribution is 2.43. The van der Waals surface area contributed by atoms with Crippen LogP contribution < -0.4 is 16.6 Å². The quantitative estimate of drug-likeness (QED) is 0.809. The Balaban J connectivity index is 2.21. The van der Waals surface area contributed by atoms with Crippen LogP contribution in [0.1, 0.15) is 30.2 Å². The number of carbonyl (C=O) groups excluding carboxylic acids is 1. The Morgan fingerprint density at radius 3 is 2.63 bits per heavy atom. The monoisotopic (exact) mass is 389 g/mol. The molecule has 0 radical (unpaired) electrons. The number of esters is 1. The Labute approximate surface area is 160 Å². The van der Waals surface area contributed by atoms with E-state index in [9.17, 15) is 14.4 Å². The minimum absolute atomic E-state index is 0.194. The molecule has 2 atom stereocenters. The zero-order valence-electron chi connectivity index (χ0n) is 15.8. The second-order valence-corrected chi connectivity index (χ2v) is 8.09. The third-order valence-electron chi connectivity index (χ3n) is 4.66. The minimum atomic E-state index is -0.750. The minimum Gasteiger partial charge on any atom is -0.465 e. The van der Waals surface area contributed by atoms with Crippen molar-refractivity contribution in [3.8, 4) is 0 Å². The SMILES string of the molecule is C=C1Nc2c(c(=O)n(C)c(=O)n2C)[C@@H](c2cccs2)[C@@H]1C(=O)OCC(C)C. The van der Waals surface area contributed by atoms with Crippen LogP contribution in [-0.2, 0) is 23.6 Å². The van der Waals surface area contributed by atoms with Gasteiger partial charge in [0.2, 0.25) is 0 Å². The molecule has 1 N–H and O–H groups in total. The summed E-state index contributed by atoms with van der Waals surface area (Å²) in [5.41, 5.74) is -0.0724. The van der Waals surface area contributed by atoms with Crippen molar-refractivity contribution in [2.75, 3.05) is 11.9 Å². The molecule has 7 nitrogen and oxygen atoms in total.